The van der Waals surface area contributed by atoms with Gasteiger partial charge in [-0.15, -0.1) is 0 Å². The molecule has 4 bridgehead atoms. The summed E-state index contributed by atoms with van der Waals surface area (Å²) in [5.41, 5.74) is -1.55. The molecule has 0 aromatic heterocycles. The number of esters is 2. The fraction of sp³-hybridized carbons (Fsp3) is 0.520. The van der Waals surface area contributed by atoms with Crippen molar-refractivity contribution in [1.82, 2.24) is 0 Å². The Labute approximate surface area is 201 Å². The van der Waals surface area contributed by atoms with Gasteiger partial charge < -0.3 is 9.47 Å². The smallest absolute Gasteiger partial charge is 0.457 e. The molecule has 2 aromatic carbocycles. The number of carbonyl (C=O) groups excluding carboxylic acids is 2. The Kier molecular flexibility index (Phi) is 5.49. The molecule has 7 nitrogen and oxygen atoms in total. The number of fused-ring (bicyclic) bond motifs is 1. The Balaban J connectivity index is 1.39. The number of carbonyl (C=O) groups is 2. The largest absolute Gasteiger partial charge is 0.465 e. The van der Waals surface area contributed by atoms with Gasteiger partial charge in [0, 0.05) is 6.42 Å². The summed E-state index contributed by atoms with van der Waals surface area (Å²) in [5.74, 6) is -2.85. The van der Waals surface area contributed by atoms with Gasteiger partial charge >= 0.3 is 27.3 Å². The molecular weight excluding hydrogens is 482 g/mol. The molecule has 2 aromatic rings. The molecular formula is C25H26F2O7S. The molecule has 4 fully saturated rings. The Morgan fingerprint density at radius 2 is 1.69 bits per heavy atom. The lowest BCUT2D eigenvalue weighted by atomic mass is 9.48. The molecule has 0 saturated heterocycles. The van der Waals surface area contributed by atoms with Crippen LogP contribution in [-0.4, -0.2) is 35.8 Å². The first-order valence-corrected chi connectivity index (χ1v) is 13.1. The predicted octanol–water partition coefficient (Wildman–Crippen LogP) is 4.81. The molecule has 188 valence electrons. The second kappa shape index (κ2) is 7.96. The predicted molar refractivity (Wildman–Crippen MR) is 121 cm³/mol. The summed E-state index contributed by atoms with van der Waals surface area (Å²) < 4.78 is 69.8. The lowest BCUT2D eigenvalue weighted by molar-refractivity contribution is -0.222. The summed E-state index contributed by atoms with van der Waals surface area (Å²) in [4.78, 5) is 25.7. The van der Waals surface area contributed by atoms with Crippen LogP contribution in [0.15, 0.2) is 42.5 Å². The molecule has 0 radical (unpaired) electrons. The summed E-state index contributed by atoms with van der Waals surface area (Å²) >= 11 is 0. The van der Waals surface area contributed by atoms with E-state index in [4.69, 9.17) is 14.0 Å². The standard InChI is InChI=1S/C25H26F2O7S/c1-15(19-8-4-6-18-5-2-3-7-20(18)19)33-21(28)23-10-16-9-17(11-23)13-24(12-16,14-23)34-22(29)25(26,27)35(30,31)32/h2-8,15-17H,9-14H2,1H3,(H,30,31,32). The van der Waals surface area contributed by atoms with E-state index in [-0.39, 0.29) is 31.1 Å². The van der Waals surface area contributed by atoms with Crippen LogP contribution in [0.3, 0.4) is 0 Å². The van der Waals surface area contributed by atoms with Gasteiger partial charge in [-0.25, -0.2) is 4.79 Å². The van der Waals surface area contributed by atoms with Crippen LogP contribution in [0.5, 0.6) is 0 Å². The Morgan fingerprint density at radius 1 is 1.06 bits per heavy atom. The van der Waals surface area contributed by atoms with E-state index in [1.807, 2.05) is 42.5 Å². The first-order valence-electron chi connectivity index (χ1n) is 11.6. The van der Waals surface area contributed by atoms with E-state index in [9.17, 15) is 26.8 Å². The zero-order valence-corrected chi connectivity index (χ0v) is 19.9. The van der Waals surface area contributed by atoms with Crippen LogP contribution in [0.4, 0.5) is 8.78 Å². The average Bonchev–Trinajstić information content (AvgIpc) is 2.76. The molecule has 4 aliphatic carbocycles. The molecule has 10 heteroatoms. The molecule has 4 saturated carbocycles. The van der Waals surface area contributed by atoms with Gasteiger partial charge in [0.2, 0.25) is 0 Å². The highest BCUT2D eigenvalue weighted by atomic mass is 32.2. The minimum atomic E-state index is -5.98. The van der Waals surface area contributed by atoms with Crippen LogP contribution in [-0.2, 0) is 29.2 Å². The van der Waals surface area contributed by atoms with E-state index < -0.39 is 44.4 Å². The molecule has 1 N–H and O–H groups in total. The summed E-state index contributed by atoms with van der Waals surface area (Å²) in [6, 6.07) is 13.5. The number of ether oxygens (including phenoxy) is 2. The van der Waals surface area contributed by atoms with Crippen LogP contribution in [0.2, 0.25) is 0 Å². The van der Waals surface area contributed by atoms with Crippen molar-refractivity contribution in [2.45, 2.75) is 62.4 Å². The van der Waals surface area contributed by atoms with Crippen molar-refractivity contribution < 1.29 is 40.8 Å². The maximum absolute atomic E-state index is 13.9. The van der Waals surface area contributed by atoms with Gasteiger partial charge in [-0.3, -0.25) is 9.35 Å². The first-order chi connectivity index (χ1) is 16.3. The van der Waals surface area contributed by atoms with E-state index in [0.29, 0.717) is 12.8 Å². The molecule has 0 heterocycles. The van der Waals surface area contributed by atoms with Crippen LogP contribution < -0.4 is 0 Å². The molecule has 6 rings (SSSR count). The van der Waals surface area contributed by atoms with Gasteiger partial charge in [0.15, 0.2) is 0 Å². The highest BCUT2D eigenvalue weighted by Gasteiger charge is 2.65. The summed E-state index contributed by atoms with van der Waals surface area (Å²) in [5, 5.41) is -3.11. The minimum absolute atomic E-state index is 0.0125. The molecule has 4 aliphatic rings. The lowest BCUT2D eigenvalue weighted by Crippen LogP contribution is -2.61. The summed E-state index contributed by atoms with van der Waals surface area (Å²) in [7, 11) is -5.98. The van der Waals surface area contributed by atoms with Gasteiger partial charge in [0.1, 0.15) is 11.7 Å². The summed E-state index contributed by atoms with van der Waals surface area (Å²) in [6.07, 6.45) is 1.74. The Bertz CT molecular complexity index is 1290. The van der Waals surface area contributed by atoms with Gasteiger partial charge in [0.25, 0.3) is 0 Å². The van der Waals surface area contributed by atoms with E-state index in [1.165, 1.54) is 0 Å². The molecule has 0 amide bonds. The maximum atomic E-state index is 13.9. The molecule has 3 atom stereocenters. The molecule has 3 unspecified atom stereocenters. The fourth-order valence-corrected chi connectivity index (χ4v) is 7.10. The van der Waals surface area contributed by atoms with Gasteiger partial charge in [-0.05, 0) is 67.2 Å². The molecule has 0 spiro atoms. The monoisotopic (exact) mass is 508 g/mol. The number of rotatable bonds is 6. The highest BCUT2D eigenvalue weighted by Crippen LogP contribution is 2.63. The summed E-state index contributed by atoms with van der Waals surface area (Å²) in [6.45, 7) is 1.78. The van der Waals surface area contributed by atoms with E-state index in [0.717, 1.165) is 22.8 Å². The quantitative estimate of drug-likeness (QED) is 0.441. The SMILES string of the molecule is CC(OC(=O)C12CC3CC(CC(OC(=O)C(F)(F)S(=O)(=O)O)(C3)C1)C2)c1cccc2ccccc12. The van der Waals surface area contributed by atoms with E-state index in [1.54, 1.807) is 6.92 Å². The van der Waals surface area contributed by atoms with Gasteiger partial charge in [-0.2, -0.15) is 17.2 Å². The highest BCUT2D eigenvalue weighted by molar-refractivity contribution is 7.87. The second-order valence-electron chi connectivity index (χ2n) is 10.4. The number of halogens is 2. The number of alkyl halides is 2. The van der Waals surface area contributed by atoms with Crippen LogP contribution in [0, 0.1) is 17.3 Å². The third kappa shape index (κ3) is 4.00. The van der Waals surface area contributed by atoms with Crippen molar-refractivity contribution in [3.05, 3.63) is 48.0 Å². The number of benzene rings is 2. The van der Waals surface area contributed by atoms with Crippen molar-refractivity contribution in [2.75, 3.05) is 0 Å². The zero-order valence-electron chi connectivity index (χ0n) is 19.1. The Morgan fingerprint density at radius 3 is 2.34 bits per heavy atom. The van der Waals surface area contributed by atoms with Gasteiger partial charge in [0.05, 0.1) is 5.41 Å². The van der Waals surface area contributed by atoms with Crippen molar-refractivity contribution in [2.24, 2.45) is 17.3 Å². The fourth-order valence-electron chi connectivity index (χ4n) is 6.85. The normalized spacial score (nSPS) is 30.7. The minimum Gasteiger partial charge on any atom is -0.457 e. The van der Waals surface area contributed by atoms with Crippen molar-refractivity contribution in [3.8, 4) is 0 Å². The van der Waals surface area contributed by atoms with Gasteiger partial charge in [-0.1, -0.05) is 42.5 Å². The van der Waals surface area contributed by atoms with Crippen molar-refractivity contribution in [3.63, 3.8) is 0 Å². The second-order valence-corrected chi connectivity index (χ2v) is 11.9. The topological polar surface area (TPSA) is 107 Å². The molecule has 35 heavy (non-hydrogen) atoms. The van der Waals surface area contributed by atoms with Crippen molar-refractivity contribution >= 4 is 32.8 Å². The van der Waals surface area contributed by atoms with E-state index >= 15 is 0 Å². The Hall–Kier alpha value is -2.59. The third-order valence-electron chi connectivity index (χ3n) is 7.86. The lowest BCUT2D eigenvalue weighted by Gasteiger charge is -2.59. The zero-order chi connectivity index (χ0) is 25.2. The van der Waals surface area contributed by atoms with E-state index in [2.05, 4.69) is 0 Å². The van der Waals surface area contributed by atoms with Crippen LogP contribution >= 0.6 is 0 Å². The maximum Gasteiger partial charge on any atom is 0.465 e. The molecule has 0 aliphatic heterocycles. The van der Waals surface area contributed by atoms with Crippen molar-refractivity contribution in [1.29, 1.82) is 0 Å². The number of hydrogen-bond acceptors (Lipinski definition) is 6. The first kappa shape index (κ1) is 24.1. The average molecular weight is 509 g/mol. The van der Waals surface area contributed by atoms with Crippen LogP contribution in [0.25, 0.3) is 10.8 Å². The number of hydrogen-bond donors (Lipinski definition) is 1. The third-order valence-corrected chi connectivity index (χ3v) is 8.67. The van der Waals surface area contributed by atoms with Crippen LogP contribution in [0.1, 0.15) is 57.1 Å².